The van der Waals surface area contributed by atoms with Gasteiger partial charge in [0.15, 0.2) is 0 Å². The summed E-state index contributed by atoms with van der Waals surface area (Å²) >= 11 is 0. The molecule has 1 atom stereocenters. The zero-order chi connectivity index (χ0) is 27.1. The lowest BCUT2D eigenvalue weighted by Crippen LogP contribution is -2.08. The molecule has 2 aliphatic rings. The van der Waals surface area contributed by atoms with Crippen molar-refractivity contribution < 1.29 is 0 Å². The Balaban J connectivity index is 1.37. The summed E-state index contributed by atoms with van der Waals surface area (Å²) < 4.78 is 0. The Morgan fingerprint density at radius 3 is 1.90 bits per heavy atom. The SMILES string of the molecule is CCCCC1C([Si]C2=Cc3c(cccc3-c3cc(C)cc(C)c3)C2)=Cc2c(-c3cc(C)cc(C)c3)cccc21. The molecule has 2 aliphatic carbocycles. The molecule has 0 fully saturated rings. The number of unbranched alkanes of at least 4 members (excludes halogenated alkanes) is 1. The number of benzene rings is 4. The quantitative estimate of drug-likeness (QED) is 0.212. The molecule has 194 valence electrons. The van der Waals surface area contributed by atoms with Gasteiger partial charge in [-0.25, -0.2) is 0 Å². The van der Waals surface area contributed by atoms with Crippen molar-refractivity contribution in [3.63, 3.8) is 0 Å². The molecule has 0 heterocycles. The number of hydrogen-bond donors (Lipinski definition) is 0. The van der Waals surface area contributed by atoms with Crippen LogP contribution in [0.5, 0.6) is 0 Å². The number of fused-ring (bicyclic) bond motifs is 2. The van der Waals surface area contributed by atoms with Crippen LogP contribution in [-0.4, -0.2) is 9.52 Å². The molecule has 2 radical (unpaired) electrons. The molecule has 0 amide bonds. The molecule has 0 bridgehead atoms. The number of allylic oxidation sites excluding steroid dienone is 2. The largest absolute Gasteiger partial charge is 0.111 e. The molecule has 4 aromatic rings. The fourth-order valence-electron chi connectivity index (χ4n) is 6.71. The Bertz CT molecular complexity index is 1590. The summed E-state index contributed by atoms with van der Waals surface area (Å²) in [6.45, 7) is 11.1. The Hall–Kier alpha value is -3.42. The summed E-state index contributed by atoms with van der Waals surface area (Å²) in [5.74, 6) is 0.535. The fourth-order valence-corrected chi connectivity index (χ4v) is 8.27. The van der Waals surface area contributed by atoms with E-state index >= 15 is 0 Å². The van der Waals surface area contributed by atoms with E-state index in [4.69, 9.17) is 0 Å². The Kier molecular flexibility index (Phi) is 7.04. The molecule has 0 saturated heterocycles. The third-order valence-corrected chi connectivity index (χ3v) is 9.73. The van der Waals surface area contributed by atoms with Gasteiger partial charge in [-0.05, 0) is 85.0 Å². The maximum Gasteiger partial charge on any atom is 0.111 e. The molecule has 0 aliphatic heterocycles. The molecule has 1 unspecified atom stereocenters. The molecule has 4 aromatic carbocycles. The van der Waals surface area contributed by atoms with Gasteiger partial charge in [-0.3, -0.25) is 0 Å². The summed E-state index contributed by atoms with van der Waals surface area (Å²) in [6, 6.07) is 27.8. The van der Waals surface area contributed by atoms with Gasteiger partial charge in [0.25, 0.3) is 0 Å². The molecule has 39 heavy (non-hydrogen) atoms. The van der Waals surface area contributed by atoms with Crippen molar-refractivity contribution in [3.8, 4) is 22.3 Å². The molecule has 1 heteroatoms. The van der Waals surface area contributed by atoms with Gasteiger partial charge in [-0.2, -0.15) is 0 Å². The molecular weight excluding hydrogens is 485 g/mol. The van der Waals surface area contributed by atoms with Crippen LogP contribution < -0.4 is 0 Å². The van der Waals surface area contributed by atoms with Crippen molar-refractivity contribution in [2.45, 2.75) is 66.2 Å². The van der Waals surface area contributed by atoms with E-state index in [0.29, 0.717) is 5.92 Å². The van der Waals surface area contributed by atoms with Gasteiger partial charge in [0.1, 0.15) is 9.52 Å². The Morgan fingerprint density at radius 2 is 1.28 bits per heavy atom. The molecular formula is C38H38Si. The maximum atomic E-state index is 2.57. The first-order valence-corrected chi connectivity index (χ1v) is 15.5. The highest BCUT2D eigenvalue weighted by Crippen LogP contribution is 2.45. The van der Waals surface area contributed by atoms with E-state index in [-0.39, 0.29) is 0 Å². The zero-order valence-electron chi connectivity index (χ0n) is 24.0. The second kappa shape index (κ2) is 10.6. The van der Waals surface area contributed by atoms with Crippen molar-refractivity contribution >= 4 is 21.7 Å². The van der Waals surface area contributed by atoms with E-state index in [0.717, 1.165) is 15.9 Å². The lowest BCUT2D eigenvalue weighted by atomic mass is 9.90. The predicted molar refractivity (Wildman–Crippen MR) is 170 cm³/mol. The summed E-state index contributed by atoms with van der Waals surface area (Å²) in [7, 11) is 0.745. The van der Waals surface area contributed by atoms with Crippen LogP contribution in [0.1, 0.15) is 76.6 Å². The minimum atomic E-state index is 0.535. The highest BCUT2D eigenvalue weighted by molar-refractivity contribution is 6.57. The Labute approximate surface area is 237 Å². The lowest BCUT2D eigenvalue weighted by Gasteiger charge is -2.18. The first-order valence-electron chi connectivity index (χ1n) is 14.5. The standard InChI is InChI=1S/C38H38Si/c1-6-7-11-35-34-14-9-13-33(30-19-26(4)16-27(5)20-30)37(34)23-38(35)39-31-21-28-10-8-12-32(36(28)22-31)29-17-24(2)15-25(3)18-29/h8-10,12-20,22-23,35H,6-7,11,21H2,1-5H3. The molecule has 0 spiro atoms. The van der Waals surface area contributed by atoms with Crippen molar-refractivity contribution in [2.75, 3.05) is 0 Å². The monoisotopic (exact) mass is 522 g/mol. The summed E-state index contributed by atoms with van der Waals surface area (Å²) in [5.41, 5.74) is 16.7. The third kappa shape index (κ3) is 5.13. The van der Waals surface area contributed by atoms with Crippen molar-refractivity contribution in [1.29, 1.82) is 0 Å². The second-order valence-electron chi connectivity index (χ2n) is 11.7. The highest BCUT2D eigenvalue weighted by Gasteiger charge is 2.29. The summed E-state index contributed by atoms with van der Waals surface area (Å²) in [4.78, 5) is 0. The van der Waals surface area contributed by atoms with Crippen LogP contribution in [0.2, 0.25) is 0 Å². The van der Waals surface area contributed by atoms with Crippen molar-refractivity contribution in [2.24, 2.45) is 0 Å². The van der Waals surface area contributed by atoms with E-state index in [1.54, 1.807) is 10.4 Å². The minimum absolute atomic E-state index is 0.535. The topological polar surface area (TPSA) is 0 Å². The van der Waals surface area contributed by atoms with Crippen LogP contribution in [0, 0.1) is 27.7 Å². The minimum Gasteiger partial charge on any atom is -0.0748 e. The van der Waals surface area contributed by atoms with Crippen LogP contribution in [0.15, 0.2) is 83.2 Å². The zero-order valence-corrected chi connectivity index (χ0v) is 25.0. The van der Waals surface area contributed by atoms with Gasteiger partial charge >= 0.3 is 0 Å². The molecule has 0 aromatic heterocycles. The average molecular weight is 523 g/mol. The van der Waals surface area contributed by atoms with E-state index in [1.165, 1.54) is 86.0 Å². The van der Waals surface area contributed by atoms with Crippen molar-refractivity contribution in [1.82, 2.24) is 0 Å². The van der Waals surface area contributed by atoms with Gasteiger partial charge in [0.05, 0.1) is 0 Å². The van der Waals surface area contributed by atoms with E-state index in [2.05, 4.69) is 120 Å². The highest BCUT2D eigenvalue weighted by atomic mass is 28.2. The Morgan fingerprint density at radius 1 is 0.692 bits per heavy atom. The first-order chi connectivity index (χ1) is 18.9. The van der Waals surface area contributed by atoms with Gasteiger partial charge in [0, 0.05) is 5.92 Å². The van der Waals surface area contributed by atoms with Crippen molar-refractivity contribution in [3.05, 3.63) is 128 Å². The molecule has 6 rings (SSSR count). The number of aryl methyl sites for hydroxylation is 4. The third-order valence-electron chi connectivity index (χ3n) is 8.30. The van der Waals surface area contributed by atoms with Gasteiger partial charge in [-0.1, -0.05) is 137 Å². The normalized spacial score (nSPS) is 15.7. The summed E-state index contributed by atoms with van der Waals surface area (Å²) in [5, 5.41) is 3.21. The summed E-state index contributed by atoms with van der Waals surface area (Å²) in [6.07, 6.45) is 9.92. The number of rotatable bonds is 7. The fraction of sp³-hybridized carbons (Fsp3) is 0.263. The smallest absolute Gasteiger partial charge is 0.0748 e. The molecule has 0 saturated carbocycles. The van der Waals surface area contributed by atoms with Gasteiger partial charge < -0.3 is 0 Å². The van der Waals surface area contributed by atoms with Crippen LogP contribution in [0.25, 0.3) is 34.4 Å². The first kappa shape index (κ1) is 25.8. The van der Waals surface area contributed by atoms with Crippen LogP contribution in [-0.2, 0) is 6.42 Å². The lowest BCUT2D eigenvalue weighted by molar-refractivity contribution is 0.663. The van der Waals surface area contributed by atoms with E-state index in [1.807, 2.05) is 0 Å². The average Bonchev–Trinajstić information content (AvgIpc) is 3.46. The van der Waals surface area contributed by atoms with E-state index < -0.39 is 0 Å². The second-order valence-corrected chi connectivity index (χ2v) is 13.2. The van der Waals surface area contributed by atoms with Crippen LogP contribution in [0.4, 0.5) is 0 Å². The van der Waals surface area contributed by atoms with Gasteiger partial charge in [0.2, 0.25) is 0 Å². The van der Waals surface area contributed by atoms with Crippen LogP contribution >= 0.6 is 0 Å². The number of hydrogen-bond acceptors (Lipinski definition) is 0. The van der Waals surface area contributed by atoms with Crippen LogP contribution in [0.3, 0.4) is 0 Å². The maximum absolute atomic E-state index is 2.57. The predicted octanol–water partition coefficient (Wildman–Crippen LogP) is 10.2. The molecule has 0 nitrogen and oxygen atoms in total. The molecule has 0 N–H and O–H groups in total. The van der Waals surface area contributed by atoms with Gasteiger partial charge in [-0.15, -0.1) is 0 Å². The van der Waals surface area contributed by atoms with E-state index in [9.17, 15) is 0 Å².